The first kappa shape index (κ1) is 20.8. The standard InChI is InChI=1S/C25H28N4O2/c1-18-15-20(3)22(16-19(18)2)23-9-10-24(30)29(26-23)17-25(31)28-13-11-27(12-14-28)21-7-5-4-6-8-21/h4-10,15-16H,11-14,17H2,1-3H3. The molecule has 0 atom stereocenters. The molecule has 31 heavy (non-hydrogen) atoms. The van der Waals surface area contributed by atoms with Crippen LogP contribution in [0, 0.1) is 20.8 Å². The maximum absolute atomic E-state index is 12.9. The van der Waals surface area contributed by atoms with Gasteiger partial charge in [0.15, 0.2) is 0 Å². The van der Waals surface area contributed by atoms with Crippen molar-refractivity contribution < 1.29 is 4.79 Å². The summed E-state index contributed by atoms with van der Waals surface area (Å²) in [4.78, 5) is 29.4. The van der Waals surface area contributed by atoms with Crippen molar-refractivity contribution in [2.24, 2.45) is 0 Å². The highest BCUT2D eigenvalue weighted by molar-refractivity contribution is 5.76. The molecule has 1 aliphatic heterocycles. The van der Waals surface area contributed by atoms with Crippen molar-refractivity contribution in [2.75, 3.05) is 31.1 Å². The van der Waals surface area contributed by atoms with Crippen molar-refractivity contribution in [3.05, 3.63) is 81.6 Å². The summed E-state index contributed by atoms with van der Waals surface area (Å²) in [6, 6.07) is 17.7. The SMILES string of the molecule is Cc1cc(C)c(-c2ccc(=O)n(CC(=O)N3CCN(c4ccccc4)CC3)n2)cc1C. The fraction of sp³-hybridized carbons (Fsp3) is 0.320. The van der Waals surface area contributed by atoms with Crippen molar-refractivity contribution in [2.45, 2.75) is 27.3 Å². The normalized spacial score (nSPS) is 14.0. The van der Waals surface area contributed by atoms with Crippen molar-refractivity contribution in [1.29, 1.82) is 0 Å². The van der Waals surface area contributed by atoms with Crippen molar-refractivity contribution in [3.63, 3.8) is 0 Å². The summed E-state index contributed by atoms with van der Waals surface area (Å²) in [5.41, 5.74) is 6.10. The fourth-order valence-electron chi connectivity index (χ4n) is 4.02. The van der Waals surface area contributed by atoms with E-state index in [9.17, 15) is 9.59 Å². The van der Waals surface area contributed by atoms with Crippen LogP contribution in [0.2, 0.25) is 0 Å². The summed E-state index contributed by atoms with van der Waals surface area (Å²) in [7, 11) is 0. The Kier molecular flexibility index (Phi) is 5.89. The number of carbonyl (C=O) groups is 1. The second kappa shape index (κ2) is 8.76. The number of aryl methyl sites for hydroxylation is 3. The minimum absolute atomic E-state index is 0.0398. The highest BCUT2D eigenvalue weighted by Crippen LogP contribution is 2.24. The van der Waals surface area contributed by atoms with E-state index in [4.69, 9.17) is 0 Å². The summed E-state index contributed by atoms with van der Waals surface area (Å²) in [5.74, 6) is -0.0729. The van der Waals surface area contributed by atoms with Crippen LogP contribution in [0.1, 0.15) is 16.7 Å². The molecule has 0 N–H and O–H groups in total. The highest BCUT2D eigenvalue weighted by atomic mass is 16.2. The van der Waals surface area contributed by atoms with Gasteiger partial charge in [0.1, 0.15) is 6.54 Å². The number of carbonyl (C=O) groups excluding carboxylic acids is 1. The van der Waals surface area contributed by atoms with Crippen LogP contribution in [0.15, 0.2) is 59.4 Å². The number of hydrogen-bond donors (Lipinski definition) is 0. The molecule has 0 spiro atoms. The predicted molar refractivity (Wildman–Crippen MR) is 123 cm³/mol. The molecule has 3 aromatic rings. The summed E-state index contributed by atoms with van der Waals surface area (Å²) in [5, 5.41) is 4.52. The van der Waals surface area contributed by atoms with Crippen LogP contribution in [0.5, 0.6) is 0 Å². The van der Waals surface area contributed by atoms with Gasteiger partial charge >= 0.3 is 0 Å². The molecular formula is C25H28N4O2. The average Bonchev–Trinajstić information content (AvgIpc) is 2.78. The summed E-state index contributed by atoms with van der Waals surface area (Å²) in [6.07, 6.45) is 0. The fourth-order valence-corrected chi connectivity index (χ4v) is 4.02. The summed E-state index contributed by atoms with van der Waals surface area (Å²) >= 11 is 0. The number of rotatable bonds is 4. The number of anilines is 1. The molecule has 6 heteroatoms. The van der Waals surface area contributed by atoms with E-state index in [1.54, 1.807) is 6.07 Å². The average molecular weight is 417 g/mol. The molecule has 0 unspecified atom stereocenters. The van der Waals surface area contributed by atoms with Crippen molar-refractivity contribution in [1.82, 2.24) is 14.7 Å². The Bertz CT molecular complexity index is 1150. The second-order valence-electron chi connectivity index (χ2n) is 8.17. The van der Waals surface area contributed by atoms with Crippen LogP contribution in [-0.2, 0) is 11.3 Å². The van der Waals surface area contributed by atoms with Gasteiger partial charge in [0, 0.05) is 43.5 Å². The first-order valence-corrected chi connectivity index (χ1v) is 10.7. The van der Waals surface area contributed by atoms with Crippen LogP contribution in [0.4, 0.5) is 5.69 Å². The van der Waals surface area contributed by atoms with Gasteiger partial charge in [0.2, 0.25) is 5.91 Å². The Balaban J connectivity index is 1.47. The molecule has 0 saturated carbocycles. The van der Waals surface area contributed by atoms with Gasteiger partial charge in [-0.3, -0.25) is 9.59 Å². The van der Waals surface area contributed by atoms with Gasteiger partial charge in [-0.2, -0.15) is 5.10 Å². The van der Waals surface area contributed by atoms with Gasteiger partial charge in [-0.25, -0.2) is 4.68 Å². The first-order valence-electron chi connectivity index (χ1n) is 10.7. The Hall–Kier alpha value is -3.41. The molecule has 160 valence electrons. The molecule has 1 saturated heterocycles. The highest BCUT2D eigenvalue weighted by Gasteiger charge is 2.22. The molecule has 1 amide bonds. The summed E-state index contributed by atoms with van der Waals surface area (Å²) in [6.45, 7) is 8.97. The van der Waals surface area contributed by atoms with E-state index >= 15 is 0 Å². The third kappa shape index (κ3) is 4.53. The molecule has 2 heterocycles. The topological polar surface area (TPSA) is 58.4 Å². The Morgan fingerprint density at radius 1 is 0.871 bits per heavy atom. The van der Waals surface area contributed by atoms with E-state index < -0.39 is 0 Å². The monoisotopic (exact) mass is 416 g/mol. The summed E-state index contributed by atoms with van der Waals surface area (Å²) < 4.78 is 1.29. The first-order chi connectivity index (χ1) is 14.9. The Morgan fingerprint density at radius 2 is 1.55 bits per heavy atom. The maximum Gasteiger partial charge on any atom is 0.267 e. The quantitative estimate of drug-likeness (QED) is 0.656. The number of hydrogen-bond acceptors (Lipinski definition) is 4. The lowest BCUT2D eigenvalue weighted by Crippen LogP contribution is -2.50. The van der Waals surface area contributed by atoms with E-state index in [1.165, 1.54) is 27.6 Å². The molecule has 1 aliphatic rings. The number of benzene rings is 2. The zero-order valence-corrected chi connectivity index (χ0v) is 18.3. The molecule has 6 nitrogen and oxygen atoms in total. The van der Waals surface area contributed by atoms with Gasteiger partial charge in [0.25, 0.3) is 5.56 Å². The van der Waals surface area contributed by atoms with Crippen LogP contribution in [0.25, 0.3) is 11.3 Å². The number of aromatic nitrogens is 2. The van der Waals surface area contributed by atoms with Gasteiger partial charge in [-0.05, 0) is 61.7 Å². The number of piperazine rings is 1. The largest absolute Gasteiger partial charge is 0.368 e. The lowest BCUT2D eigenvalue weighted by molar-refractivity contribution is -0.132. The van der Waals surface area contributed by atoms with E-state index in [1.807, 2.05) is 30.0 Å². The zero-order chi connectivity index (χ0) is 22.0. The van der Waals surface area contributed by atoms with Crippen LogP contribution >= 0.6 is 0 Å². The predicted octanol–water partition coefficient (Wildman–Crippen LogP) is 3.18. The van der Waals surface area contributed by atoms with Crippen LogP contribution < -0.4 is 10.5 Å². The van der Waals surface area contributed by atoms with Gasteiger partial charge in [-0.15, -0.1) is 0 Å². The lowest BCUT2D eigenvalue weighted by atomic mass is 9.99. The second-order valence-corrected chi connectivity index (χ2v) is 8.17. The van der Waals surface area contributed by atoms with Gasteiger partial charge in [-0.1, -0.05) is 24.3 Å². The molecule has 0 radical (unpaired) electrons. The molecule has 4 rings (SSSR count). The molecule has 0 bridgehead atoms. The van der Waals surface area contributed by atoms with Gasteiger partial charge in [0.05, 0.1) is 5.69 Å². The molecule has 0 aliphatic carbocycles. The lowest BCUT2D eigenvalue weighted by Gasteiger charge is -2.36. The number of para-hydroxylation sites is 1. The smallest absolute Gasteiger partial charge is 0.267 e. The minimum atomic E-state index is -0.262. The molecular weight excluding hydrogens is 388 g/mol. The number of amides is 1. The third-order valence-electron chi connectivity index (χ3n) is 6.02. The Labute approximate surface area is 182 Å². The zero-order valence-electron chi connectivity index (χ0n) is 18.3. The third-order valence-corrected chi connectivity index (χ3v) is 6.02. The molecule has 1 aromatic heterocycles. The maximum atomic E-state index is 12.9. The number of nitrogens with zero attached hydrogens (tertiary/aromatic N) is 4. The van der Waals surface area contributed by atoms with E-state index in [0.717, 1.165) is 24.2 Å². The van der Waals surface area contributed by atoms with Crippen molar-refractivity contribution in [3.8, 4) is 11.3 Å². The van der Waals surface area contributed by atoms with Gasteiger partial charge < -0.3 is 9.80 Å². The van der Waals surface area contributed by atoms with Crippen LogP contribution in [-0.4, -0.2) is 46.8 Å². The Morgan fingerprint density at radius 3 is 2.26 bits per heavy atom. The van der Waals surface area contributed by atoms with E-state index in [0.29, 0.717) is 18.8 Å². The minimum Gasteiger partial charge on any atom is -0.368 e. The van der Waals surface area contributed by atoms with E-state index in [2.05, 4.69) is 48.1 Å². The molecule has 2 aromatic carbocycles. The molecule has 1 fully saturated rings. The van der Waals surface area contributed by atoms with Crippen LogP contribution in [0.3, 0.4) is 0 Å². The van der Waals surface area contributed by atoms with Crippen molar-refractivity contribution >= 4 is 11.6 Å². The van der Waals surface area contributed by atoms with E-state index in [-0.39, 0.29) is 18.0 Å².